The number of rotatable bonds is 0. The van der Waals surface area contributed by atoms with Crippen molar-refractivity contribution in [1.29, 1.82) is 0 Å². The van der Waals surface area contributed by atoms with Crippen LogP contribution in [0, 0.1) is 12.8 Å². The van der Waals surface area contributed by atoms with E-state index in [0.717, 1.165) is 0 Å². The summed E-state index contributed by atoms with van der Waals surface area (Å²) in [6.45, 7) is 0. The second-order valence-electron chi connectivity index (χ2n) is 0.959. The summed E-state index contributed by atoms with van der Waals surface area (Å²) >= 11 is 4.44. The predicted molar refractivity (Wildman–Crippen MR) is 48.1 cm³/mol. The van der Waals surface area contributed by atoms with Crippen molar-refractivity contribution in [3.8, 4) is 18.7 Å². The quantitative estimate of drug-likeness (QED) is 0.684. The molecular weight excluding hydrogens is 214 g/mol. The van der Waals surface area contributed by atoms with Gasteiger partial charge in [-0.1, -0.05) is 7.43 Å². The molecule has 1 aromatic rings. The van der Waals surface area contributed by atoms with Gasteiger partial charge in [0.05, 0.1) is 5.38 Å². The second-order valence-corrected chi connectivity index (χ2v) is 3.09. The van der Waals surface area contributed by atoms with Gasteiger partial charge in [0.2, 0.25) is 5.88 Å². The Balaban J connectivity index is 0. The van der Waals surface area contributed by atoms with Crippen molar-refractivity contribution in [2.75, 3.05) is 0 Å². The zero-order chi connectivity index (χ0) is 7.28. The lowest BCUT2D eigenvalue weighted by molar-refractivity contribution is 0.456. The third-order valence-electron chi connectivity index (χ3n) is 0.464. The molecule has 1 aromatic heterocycles. The SMILES string of the molecule is C.C#C.Oc1csc(Br)n1. The Bertz CT molecular complexity index is 180. The molecule has 0 atom stereocenters. The van der Waals surface area contributed by atoms with Crippen LogP contribution in [0.2, 0.25) is 0 Å². The van der Waals surface area contributed by atoms with Crippen molar-refractivity contribution < 1.29 is 5.11 Å². The van der Waals surface area contributed by atoms with Gasteiger partial charge in [-0.15, -0.1) is 24.2 Å². The first-order chi connectivity index (χ1) is 4.29. The van der Waals surface area contributed by atoms with Crippen LogP contribution < -0.4 is 0 Å². The largest absolute Gasteiger partial charge is 0.493 e. The zero-order valence-electron chi connectivity index (χ0n) is 4.41. The van der Waals surface area contributed by atoms with Gasteiger partial charge in [0, 0.05) is 0 Å². The minimum Gasteiger partial charge on any atom is -0.493 e. The minimum absolute atomic E-state index is 0. The van der Waals surface area contributed by atoms with Crippen molar-refractivity contribution in [2.24, 2.45) is 0 Å². The van der Waals surface area contributed by atoms with Crippen LogP contribution in [0.3, 0.4) is 0 Å². The molecule has 0 aromatic carbocycles. The van der Waals surface area contributed by atoms with Crippen LogP contribution in [-0.2, 0) is 0 Å². The molecule has 4 heteroatoms. The van der Waals surface area contributed by atoms with Crippen LogP contribution in [0.4, 0.5) is 0 Å². The normalized spacial score (nSPS) is 6.70. The fourth-order valence-electron chi connectivity index (χ4n) is 0.244. The molecule has 0 fully saturated rings. The van der Waals surface area contributed by atoms with Gasteiger partial charge in [0.25, 0.3) is 0 Å². The van der Waals surface area contributed by atoms with E-state index in [1.54, 1.807) is 5.38 Å². The Morgan fingerprint density at radius 1 is 1.60 bits per heavy atom. The summed E-state index contributed by atoms with van der Waals surface area (Å²) in [5.41, 5.74) is 0. The van der Waals surface area contributed by atoms with E-state index >= 15 is 0 Å². The van der Waals surface area contributed by atoms with E-state index in [4.69, 9.17) is 5.11 Å². The van der Waals surface area contributed by atoms with E-state index < -0.39 is 0 Å². The predicted octanol–water partition coefficient (Wildman–Crippen LogP) is 2.50. The molecule has 0 bridgehead atoms. The van der Waals surface area contributed by atoms with Gasteiger partial charge >= 0.3 is 0 Å². The molecule has 0 saturated carbocycles. The van der Waals surface area contributed by atoms with Crippen molar-refractivity contribution in [2.45, 2.75) is 7.43 Å². The lowest BCUT2D eigenvalue weighted by Crippen LogP contribution is -1.56. The Morgan fingerprint density at radius 2 is 2.10 bits per heavy atom. The lowest BCUT2D eigenvalue weighted by atomic mass is 10.9. The van der Waals surface area contributed by atoms with Crippen LogP contribution in [0.5, 0.6) is 5.88 Å². The van der Waals surface area contributed by atoms with Crippen molar-refractivity contribution >= 4 is 27.3 Å². The maximum atomic E-state index is 8.52. The third-order valence-corrected chi connectivity index (χ3v) is 1.82. The summed E-state index contributed by atoms with van der Waals surface area (Å²) in [6.07, 6.45) is 8.00. The number of nitrogens with zero attached hydrogens (tertiary/aromatic N) is 1. The van der Waals surface area contributed by atoms with Gasteiger partial charge in [-0.2, -0.15) is 4.98 Å². The van der Waals surface area contributed by atoms with Crippen molar-refractivity contribution in [3.63, 3.8) is 0 Å². The highest BCUT2D eigenvalue weighted by Crippen LogP contribution is 2.19. The molecule has 10 heavy (non-hydrogen) atoms. The molecule has 0 aliphatic carbocycles. The summed E-state index contributed by atoms with van der Waals surface area (Å²) < 4.78 is 0.713. The van der Waals surface area contributed by atoms with E-state index in [-0.39, 0.29) is 13.3 Å². The number of thiazole rings is 1. The summed E-state index contributed by atoms with van der Waals surface area (Å²) in [5.74, 6) is 0.0804. The highest BCUT2D eigenvalue weighted by atomic mass is 79.9. The smallest absolute Gasteiger partial charge is 0.222 e. The van der Waals surface area contributed by atoms with E-state index in [2.05, 4.69) is 33.8 Å². The monoisotopic (exact) mass is 221 g/mol. The Kier molecular flexibility index (Phi) is 8.02. The number of hydrogen-bond acceptors (Lipinski definition) is 3. The topological polar surface area (TPSA) is 33.1 Å². The second kappa shape index (κ2) is 6.59. The van der Waals surface area contributed by atoms with Crippen LogP contribution in [0.1, 0.15) is 7.43 Å². The van der Waals surface area contributed by atoms with Gasteiger partial charge in [-0.05, 0) is 15.9 Å². The first-order valence-corrected chi connectivity index (χ1v) is 3.59. The average molecular weight is 222 g/mol. The van der Waals surface area contributed by atoms with Gasteiger partial charge in [-0.25, -0.2) is 0 Å². The number of aromatic hydroxyl groups is 1. The molecule has 0 unspecified atom stereocenters. The van der Waals surface area contributed by atoms with Gasteiger partial charge in [0.15, 0.2) is 3.92 Å². The van der Waals surface area contributed by atoms with Gasteiger partial charge in [-0.3, -0.25) is 0 Å². The lowest BCUT2D eigenvalue weighted by Gasteiger charge is -1.69. The molecule has 2 nitrogen and oxygen atoms in total. The zero-order valence-corrected chi connectivity index (χ0v) is 6.82. The highest BCUT2D eigenvalue weighted by molar-refractivity contribution is 9.11. The summed E-state index contributed by atoms with van der Waals surface area (Å²) in [7, 11) is 0. The summed E-state index contributed by atoms with van der Waals surface area (Å²) in [6, 6.07) is 0. The molecule has 0 aliphatic heterocycles. The molecule has 0 saturated heterocycles. The van der Waals surface area contributed by atoms with Gasteiger partial charge in [0.1, 0.15) is 0 Å². The minimum atomic E-state index is 0. The molecule has 56 valence electrons. The molecular formula is C6H8BrNOS. The number of hydrogen-bond donors (Lipinski definition) is 1. The van der Waals surface area contributed by atoms with E-state index in [1.807, 2.05) is 0 Å². The maximum Gasteiger partial charge on any atom is 0.222 e. The average Bonchev–Trinajstić information content (AvgIpc) is 2.20. The molecule has 1 heterocycles. The number of terminal acetylenes is 1. The molecule has 0 amide bonds. The van der Waals surface area contributed by atoms with Crippen molar-refractivity contribution in [3.05, 3.63) is 9.30 Å². The van der Waals surface area contributed by atoms with Crippen LogP contribution in [-0.4, -0.2) is 10.1 Å². The molecule has 0 aliphatic rings. The Hall–Kier alpha value is -0.530. The molecule has 1 N–H and O–H groups in total. The standard InChI is InChI=1S/C3H2BrNOS.C2H2.CH4/c4-3-5-2(6)1-7-3;1-2;/h1,6H;1-2H;1H4. The fourth-order valence-corrected chi connectivity index (χ4v) is 1.11. The first-order valence-electron chi connectivity index (χ1n) is 1.92. The first kappa shape index (κ1) is 12.2. The number of halogens is 1. The molecule has 0 spiro atoms. The summed E-state index contributed by atoms with van der Waals surface area (Å²) in [4.78, 5) is 3.60. The molecule has 0 radical (unpaired) electrons. The Labute approximate surface area is 73.1 Å². The maximum absolute atomic E-state index is 8.52. The molecule has 1 rings (SSSR count). The third kappa shape index (κ3) is 4.36. The Morgan fingerprint density at radius 3 is 2.20 bits per heavy atom. The van der Waals surface area contributed by atoms with Crippen LogP contribution in [0.15, 0.2) is 9.30 Å². The van der Waals surface area contributed by atoms with Gasteiger partial charge < -0.3 is 5.11 Å². The van der Waals surface area contributed by atoms with Crippen LogP contribution in [0.25, 0.3) is 0 Å². The fraction of sp³-hybridized carbons (Fsp3) is 0.167. The van der Waals surface area contributed by atoms with Crippen molar-refractivity contribution in [1.82, 2.24) is 4.98 Å². The highest BCUT2D eigenvalue weighted by Gasteiger charge is 1.90. The van der Waals surface area contributed by atoms with E-state index in [0.29, 0.717) is 3.92 Å². The van der Waals surface area contributed by atoms with E-state index in [1.165, 1.54) is 11.3 Å². The van der Waals surface area contributed by atoms with Crippen LogP contribution >= 0.6 is 27.3 Å². The summed E-state index contributed by atoms with van der Waals surface area (Å²) in [5, 5.41) is 10.1. The van der Waals surface area contributed by atoms with E-state index in [9.17, 15) is 0 Å². The number of aromatic nitrogens is 1.